The number of aromatic nitrogens is 1. The van der Waals surface area contributed by atoms with Gasteiger partial charge in [0.25, 0.3) is 5.56 Å². The molecule has 6 nitrogen and oxygen atoms in total. The minimum Gasteiger partial charge on any atom is -0.490 e. The first-order valence-electron chi connectivity index (χ1n) is 11.4. The average molecular weight is 468 g/mol. The fraction of sp³-hybridized carbons (Fsp3) is 0.407. The van der Waals surface area contributed by atoms with Gasteiger partial charge in [0.05, 0.1) is 25.0 Å². The maximum Gasteiger partial charge on any atom is 0.341 e. The highest BCUT2D eigenvalue weighted by Gasteiger charge is 2.35. The molecule has 1 aromatic heterocycles. The van der Waals surface area contributed by atoms with Crippen LogP contribution in [0, 0.1) is 12.7 Å². The molecule has 1 atom stereocenters. The van der Waals surface area contributed by atoms with Crippen molar-refractivity contribution in [2.24, 2.45) is 7.05 Å². The maximum absolute atomic E-state index is 15.3. The molecule has 0 N–H and O–H groups in total. The zero-order valence-electron chi connectivity index (χ0n) is 20.5. The number of carbonyl (C=O) groups is 1. The fourth-order valence-electron chi connectivity index (χ4n) is 4.67. The van der Waals surface area contributed by atoms with Crippen LogP contribution in [0.5, 0.6) is 5.75 Å². The minimum atomic E-state index is -1.20. The van der Waals surface area contributed by atoms with E-state index in [9.17, 15) is 9.59 Å². The van der Waals surface area contributed by atoms with Crippen LogP contribution in [-0.4, -0.2) is 29.9 Å². The Morgan fingerprint density at radius 1 is 1.21 bits per heavy atom. The highest BCUT2D eigenvalue weighted by atomic mass is 19.1. The second kappa shape index (κ2) is 8.87. The van der Waals surface area contributed by atoms with E-state index in [1.165, 1.54) is 17.7 Å². The number of rotatable bonds is 4. The molecule has 4 rings (SSSR count). The van der Waals surface area contributed by atoms with Gasteiger partial charge >= 0.3 is 5.97 Å². The van der Waals surface area contributed by atoms with Gasteiger partial charge in [-0.2, -0.15) is 0 Å². The molecule has 0 saturated heterocycles. The van der Waals surface area contributed by atoms with Crippen molar-refractivity contribution in [2.75, 3.05) is 13.7 Å². The molecular weight excluding hydrogens is 437 g/mol. The summed E-state index contributed by atoms with van der Waals surface area (Å²) in [6, 6.07) is 8.58. The lowest BCUT2D eigenvalue weighted by molar-refractivity contribution is -0.165. The maximum atomic E-state index is 15.3. The molecule has 0 radical (unpaired) electrons. The van der Waals surface area contributed by atoms with Crippen LogP contribution in [0.25, 0.3) is 21.9 Å². The predicted molar refractivity (Wildman–Crippen MR) is 129 cm³/mol. The lowest BCUT2D eigenvalue weighted by Gasteiger charge is -2.30. The standard InChI is InChI=1S/C27H30FNO5/c1-15-16-12-9-13-33-23(16)20(28)14-19(15)21-17-10-7-8-11-18(17)25(30)29(5)22(21)24(26(31)32-6)34-27(2,3)4/h7-8,10-11,14,24H,9,12-13H2,1-6H3. The quantitative estimate of drug-likeness (QED) is 0.505. The Balaban J connectivity index is 2.16. The molecule has 7 heteroatoms. The molecule has 1 unspecified atom stereocenters. The second-order valence-electron chi connectivity index (χ2n) is 9.59. The van der Waals surface area contributed by atoms with Crippen molar-refractivity contribution in [3.05, 3.63) is 63.3 Å². The van der Waals surface area contributed by atoms with E-state index in [2.05, 4.69) is 0 Å². The summed E-state index contributed by atoms with van der Waals surface area (Å²) in [6.45, 7) is 7.86. The molecule has 0 fully saturated rings. The van der Waals surface area contributed by atoms with Crippen LogP contribution in [-0.2, 0) is 27.7 Å². The first-order valence-corrected chi connectivity index (χ1v) is 11.4. The van der Waals surface area contributed by atoms with Crippen molar-refractivity contribution in [1.29, 1.82) is 0 Å². The number of carbonyl (C=O) groups excluding carboxylic acids is 1. The van der Waals surface area contributed by atoms with Gasteiger partial charge in [0, 0.05) is 23.6 Å². The number of halogens is 1. The zero-order valence-corrected chi connectivity index (χ0v) is 20.5. The van der Waals surface area contributed by atoms with Crippen LogP contribution >= 0.6 is 0 Å². The highest BCUT2D eigenvalue weighted by Crippen LogP contribution is 2.42. The van der Waals surface area contributed by atoms with Crippen molar-refractivity contribution in [3.63, 3.8) is 0 Å². The van der Waals surface area contributed by atoms with Crippen LogP contribution in [0.2, 0.25) is 0 Å². The summed E-state index contributed by atoms with van der Waals surface area (Å²) in [5.74, 6) is -0.829. The molecule has 0 amide bonds. The van der Waals surface area contributed by atoms with E-state index in [4.69, 9.17) is 14.2 Å². The topological polar surface area (TPSA) is 66.8 Å². The monoisotopic (exact) mass is 467 g/mol. The van der Waals surface area contributed by atoms with E-state index in [1.807, 2.05) is 39.8 Å². The normalized spacial score (nSPS) is 14.4. The fourth-order valence-corrected chi connectivity index (χ4v) is 4.67. The number of methoxy groups -OCH3 is 1. The minimum absolute atomic E-state index is 0.277. The number of benzene rings is 2. The molecule has 180 valence electrons. The van der Waals surface area contributed by atoms with E-state index in [0.717, 1.165) is 17.5 Å². The van der Waals surface area contributed by atoms with Crippen LogP contribution < -0.4 is 10.3 Å². The zero-order chi connectivity index (χ0) is 24.8. The molecular formula is C27H30FNO5. The van der Waals surface area contributed by atoms with E-state index < -0.39 is 23.5 Å². The van der Waals surface area contributed by atoms with Gasteiger partial charge in [-0.05, 0) is 69.2 Å². The number of pyridine rings is 1. The van der Waals surface area contributed by atoms with Gasteiger partial charge in [-0.1, -0.05) is 18.2 Å². The van der Waals surface area contributed by atoms with Gasteiger partial charge in [0.1, 0.15) is 0 Å². The Labute approximate surface area is 198 Å². The summed E-state index contributed by atoms with van der Waals surface area (Å²) in [5, 5.41) is 1.09. The third-order valence-electron chi connectivity index (χ3n) is 6.19. The largest absolute Gasteiger partial charge is 0.490 e. The Morgan fingerprint density at radius 3 is 2.53 bits per heavy atom. The van der Waals surface area contributed by atoms with Gasteiger partial charge < -0.3 is 18.8 Å². The van der Waals surface area contributed by atoms with Gasteiger partial charge in [-0.25, -0.2) is 9.18 Å². The van der Waals surface area contributed by atoms with Gasteiger partial charge in [-0.3, -0.25) is 4.79 Å². The van der Waals surface area contributed by atoms with Gasteiger partial charge in [0.2, 0.25) is 0 Å². The highest BCUT2D eigenvalue weighted by molar-refractivity contribution is 6.00. The van der Waals surface area contributed by atoms with E-state index in [0.29, 0.717) is 40.6 Å². The third-order valence-corrected chi connectivity index (χ3v) is 6.19. The molecule has 2 aromatic carbocycles. The summed E-state index contributed by atoms with van der Waals surface area (Å²) in [6.07, 6.45) is 0.274. The summed E-state index contributed by atoms with van der Waals surface area (Å²) < 4.78 is 33.6. The number of fused-ring (bicyclic) bond motifs is 2. The molecule has 1 aliphatic rings. The first kappa shape index (κ1) is 24.0. The first-order chi connectivity index (χ1) is 16.0. The second-order valence-corrected chi connectivity index (χ2v) is 9.59. The molecule has 0 saturated carbocycles. The van der Waals surface area contributed by atoms with Crippen LogP contribution in [0.4, 0.5) is 4.39 Å². The molecule has 2 heterocycles. The number of hydrogen-bond acceptors (Lipinski definition) is 5. The van der Waals surface area contributed by atoms with Crippen LogP contribution in [0.1, 0.15) is 50.1 Å². The number of hydrogen-bond donors (Lipinski definition) is 0. The molecule has 0 bridgehead atoms. The summed E-state index contributed by atoms with van der Waals surface area (Å²) in [7, 11) is 2.88. The molecule has 0 spiro atoms. The lowest BCUT2D eigenvalue weighted by Crippen LogP contribution is -2.33. The number of ether oxygens (including phenoxy) is 3. The van der Waals surface area contributed by atoms with E-state index >= 15 is 4.39 Å². The van der Waals surface area contributed by atoms with Crippen molar-refractivity contribution < 1.29 is 23.4 Å². The molecule has 34 heavy (non-hydrogen) atoms. The average Bonchev–Trinajstić information content (AvgIpc) is 2.81. The Bertz CT molecular complexity index is 1340. The molecule has 1 aliphatic heterocycles. The predicted octanol–water partition coefficient (Wildman–Crippen LogP) is 5.01. The van der Waals surface area contributed by atoms with E-state index in [-0.39, 0.29) is 11.3 Å². The summed E-state index contributed by atoms with van der Waals surface area (Å²) in [5.41, 5.74) is 2.14. The smallest absolute Gasteiger partial charge is 0.341 e. The lowest BCUT2D eigenvalue weighted by atomic mass is 9.87. The van der Waals surface area contributed by atoms with E-state index in [1.54, 1.807) is 19.2 Å². The Kier molecular flexibility index (Phi) is 6.25. The Morgan fingerprint density at radius 2 is 1.88 bits per heavy atom. The van der Waals surface area contributed by atoms with Crippen LogP contribution in [0.15, 0.2) is 35.1 Å². The van der Waals surface area contributed by atoms with Crippen LogP contribution in [0.3, 0.4) is 0 Å². The SMILES string of the molecule is COC(=O)C(OC(C)(C)C)c1c(-c2cc(F)c3c(c2C)CCCO3)c2ccccc2c(=O)n1C. The van der Waals surface area contributed by atoms with Crippen molar-refractivity contribution in [1.82, 2.24) is 4.57 Å². The van der Waals surface area contributed by atoms with Gasteiger partial charge in [-0.15, -0.1) is 0 Å². The number of esters is 1. The Hall–Kier alpha value is -3.19. The third kappa shape index (κ3) is 4.09. The summed E-state index contributed by atoms with van der Waals surface area (Å²) in [4.78, 5) is 26.4. The molecule has 3 aromatic rings. The van der Waals surface area contributed by atoms with Crippen molar-refractivity contribution in [3.8, 4) is 16.9 Å². The van der Waals surface area contributed by atoms with Gasteiger partial charge in [0.15, 0.2) is 17.7 Å². The van der Waals surface area contributed by atoms with Crippen molar-refractivity contribution >= 4 is 16.7 Å². The molecule has 0 aliphatic carbocycles. The van der Waals surface area contributed by atoms with Crippen molar-refractivity contribution in [2.45, 2.75) is 52.2 Å². The summed E-state index contributed by atoms with van der Waals surface area (Å²) >= 11 is 0. The number of nitrogens with zero attached hydrogens (tertiary/aromatic N) is 1.